The number of rotatable bonds is 4. The van der Waals surface area contributed by atoms with Crippen molar-refractivity contribution < 1.29 is 0 Å². The van der Waals surface area contributed by atoms with E-state index < -0.39 is 0 Å². The Morgan fingerprint density at radius 1 is 0.774 bits per heavy atom. The molecule has 154 valence electrons. The first-order chi connectivity index (χ1) is 15.2. The average Bonchev–Trinajstić information content (AvgIpc) is 2.84. The summed E-state index contributed by atoms with van der Waals surface area (Å²) in [6, 6.07) is 33.2. The minimum Gasteiger partial charge on any atom is -0.366 e. The zero-order valence-electron chi connectivity index (χ0n) is 18.3. The van der Waals surface area contributed by atoms with Crippen LogP contribution in [0.15, 0.2) is 103 Å². The maximum absolute atomic E-state index is 2.56. The van der Waals surface area contributed by atoms with Gasteiger partial charge in [0.2, 0.25) is 0 Å². The van der Waals surface area contributed by atoms with E-state index in [-0.39, 0.29) is 0 Å². The maximum Gasteiger partial charge on any atom is 0.0452 e. The van der Waals surface area contributed by atoms with E-state index in [0.717, 1.165) is 13.1 Å². The van der Waals surface area contributed by atoms with Gasteiger partial charge in [-0.3, -0.25) is 0 Å². The van der Waals surface area contributed by atoms with Gasteiger partial charge in [0.25, 0.3) is 0 Å². The summed E-state index contributed by atoms with van der Waals surface area (Å²) in [6.07, 6.45) is 4.70. The van der Waals surface area contributed by atoms with Gasteiger partial charge in [0.05, 0.1) is 0 Å². The Labute approximate surface area is 185 Å². The normalized spacial score (nSPS) is 16.2. The molecule has 1 nitrogen and oxygen atoms in total. The molecule has 0 saturated carbocycles. The van der Waals surface area contributed by atoms with Crippen molar-refractivity contribution in [3.05, 3.63) is 114 Å². The monoisotopic (exact) mass is 403 g/mol. The van der Waals surface area contributed by atoms with Crippen LogP contribution in [0.4, 0.5) is 5.69 Å². The van der Waals surface area contributed by atoms with E-state index in [1.54, 1.807) is 0 Å². The fourth-order valence-electron chi connectivity index (χ4n) is 4.69. The Morgan fingerprint density at radius 2 is 1.52 bits per heavy atom. The van der Waals surface area contributed by atoms with Crippen molar-refractivity contribution >= 4 is 16.5 Å². The molecule has 1 heterocycles. The molecule has 0 bridgehead atoms. The van der Waals surface area contributed by atoms with Crippen molar-refractivity contribution in [1.82, 2.24) is 0 Å². The third-order valence-corrected chi connectivity index (χ3v) is 6.43. The molecule has 1 aliphatic rings. The topological polar surface area (TPSA) is 3.24 Å². The van der Waals surface area contributed by atoms with Crippen LogP contribution < -0.4 is 4.90 Å². The zero-order valence-corrected chi connectivity index (χ0v) is 18.3. The number of fused-ring (bicyclic) bond motifs is 1. The predicted molar refractivity (Wildman–Crippen MR) is 134 cm³/mol. The van der Waals surface area contributed by atoms with Crippen LogP contribution in [0.3, 0.4) is 0 Å². The zero-order chi connectivity index (χ0) is 21.2. The largest absolute Gasteiger partial charge is 0.366 e. The van der Waals surface area contributed by atoms with E-state index in [2.05, 4.69) is 122 Å². The van der Waals surface area contributed by atoms with Crippen LogP contribution in [0.25, 0.3) is 21.9 Å². The number of anilines is 1. The second kappa shape index (κ2) is 8.43. The summed E-state index contributed by atoms with van der Waals surface area (Å²) in [7, 11) is 0. The third-order valence-electron chi connectivity index (χ3n) is 6.43. The minimum atomic E-state index is 0.421. The number of benzene rings is 4. The Kier molecular flexibility index (Phi) is 5.34. The minimum absolute atomic E-state index is 0.421. The Hall–Kier alpha value is -3.32. The molecular formula is C30H29N. The van der Waals surface area contributed by atoms with Crippen molar-refractivity contribution in [2.24, 2.45) is 0 Å². The van der Waals surface area contributed by atoms with Gasteiger partial charge in [-0.05, 0) is 39.6 Å². The molecule has 5 rings (SSSR count). The number of hydrogen-bond acceptors (Lipinski definition) is 1. The van der Waals surface area contributed by atoms with Crippen molar-refractivity contribution in [3.63, 3.8) is 0 Å². The Bertz CT molecular complexity index is 1210. The molecule has 1 heteroatoms. The van der Waals surface area contributed by atoms with Crippen LogP contribution >= 0.6 is 0 Å². The highest BCUT2D eigenvalue weighted by molar-refractivity contribution is 6.04. The van der Waals surface area contributed by atoms with Crippen LogP contribution in [-0.2, 0) is 0 Å². The smallest absolute Gasteiger partial charge is 0.0452 e. The number of nitrogens with zero attached hydrogens (tertiary/aromatic N) is 1. The fraction of sp³-hybridized carbons (Fsp3) is 0.200. The van der Waals surface area contributed by atoms with Gasteiger partial charge in [-0.15, -0.1) is 0 Å². The van der Waals surface area contributed by atoms with E-state index in [0.29, 0.717) is 11.8 Å². The molecule has 0 N–H and O–H groups in total. The maximum atomic E-state index is 2.56. The van der Waals surface area contributed by atoms with Crippen LogP contribution in [0, 0.1) is 0 Å². The molecule has 4 aromatic rings. The van der Waals surface area contributed by atoms with Gasteiger partial charge in [0.15, 0.2) is 0 Å². The van der Waals surface area contributed by atoms with Gasteiger partial charge in [-0.2, -0.15) is 0 Å². The van der Waals surface area contributed by atoms with Crippen molar-refractivity contribution in [3.8, 4) is 11.1 Å². The molecule has 4 aromatic carbocycles. The van der Waals surface area contributed by atoms with E-state index in [1.807, 2.05) is 0 Å². The van der Waals surface area contributed by atoms with E-state index >= 15 is 0 Å². The highest BCUT2D eigenvalue weighted by atomic mass is 15.1. The summed E-state index contributed by atoms with van der Waals surface area (Å²) in [4.78, 5) is 2.56. The first-order valence-electron chi connectivity index (χ1n) is 11.3. The van der Waals surface area contributed by atoms with Gasteiger partial charge >= 0.3 is 0 Å². The van der Waals surface area contributed by atoms with Crippen LogP contribution in [-0.4, -0.2) is 13.1 Å². The van der Waals surface area contributed by atoms with Gasteiger partial charge < -0.3 is 4.90 Å². The molecule has 0 amide bonds. The lowest BCUT2D eigenvalue weighted by Crippen LogP contribution is -2.31. The Balaban J connectivity index is 1.64. The summed E-state index contributed by atoms with van der Waals surface area (Å²) >= 11 is 0. The molecule has 0 saturated heterocycles. The van der Waals surface area contributed by atoms with Gasteiger partial charge in [0, 0.05) is 30.1 Å². The molecule has 0 fully saturated rings. The lowest BCUT2D eigenvalue weighted by Gasteiger charge is -2.33. The molecule has 1 atom stereocenters. The van der Waals surface area contributed by atoms with Crippen molar-refractivity contribution in [2.45, 2.75) is 25.7 Å². The quantitative estimate of drug-likeness (QED) is 0.314. The summed E-state index contributed by atoms with van der Waals surface area (Å²) in [6.45, 7) is 6.54. The standard InChI is InChI=1S/C30H29N/c1-22(2)26-19-29-27(24-13-7-4-8-14-24)16-9-17-28(29)30(20-26)31-18-10-15-25(21-31)23-11-5-3-6-12-23/h3-17,19-20,22,25H,18,21H2,1-2H3. The summed E-state index contributed by atoms with van der Waals surface area (Å²) in [5, 5.41) is 2.69. The molecule has 0 spiro atoms. The second-order valence-corrected chi connectivity index (χ2v) is 8.81. The first-order valence-corrected chi connectivity index (χ1v) is 11.3. The highest BCUT2D eigenvalue weighted by Gasteiger charge is 2.21. The molecule has 0 aliphatic carbocycles. The SMILES string of the molecule is CC(C)c1cc(N2CC=CC(c3ccccc3)C2)c2cccc(-c3ccccc3)c2c1. The van der Waals surface area contributed by atoms with Crippen LogP contribution in [0.1, 0.15) is 36.8 Å². The van der Waals surface area contributed by atoms with Crippen molar-refractivity contribution in [1.29, 1.82) is 0 Å². The van der Waals surface area contributed by atoms with Gasteiger partial charge in [-0.25, -0.2) is 0 Å². The average molecular weight is 404 g/mol. The molecule has 0 radical (unpaired) electrons. The fourth-order valence-corrected chi connectivity index (χ4v) is 4.69. The van der Waals surface area contributed by atoms with Crippen LogP contribution in [0.5, 0.6) is 0 Å². The predicted octanol–water partition coefficient (Wildman–Crippen LogP) is 7.79. The third kappa shape index (κ3) is 3.88. The molecular weight excluding hydrogens is 374 g/mol. The molecule has 31 heavy (non-hydrogen) atoms. The summed E-state index contributed by atoms with van der Waals surface area (Å²) < 4.78 is 0. The summed E-state index contributed by atoms with van der Waals surface area (Å²) in [5.74, 6) is 0.905. The van der Waals surface area contributed by atoms with Gasteiger partial charge in [0.1, 0.15) is 0 Å². The lowest BCUT2D eigenvalue weighted by atomic mass is 9.91. The van der Waals surface area contributed by atoms with Crippen LogP contribution in [0.2, 0.25) is 0 Å². The Morgan fingerprint density at radius 3 is 2.26 bits per heavy atom. The van der Waals surface area contributed by atoms with E-state index in [1.165, 1.54) is 38.7 Å². The van der Waals surface area contributed by atoms with Gasteiger partial charge in [-0.1, -0.05) is 111 Å². The lowest BCUT2D eigenvalue weighted by molar-refractivity contribution is 0.737. The second-order valence-electron chi connectivity index (χ2n) is 8.81. The van der Waals surface area contributed by atoms with E-state index in [4.69, 9.17) is 0 Å². The molecule has 1 aliphatic heterocycles. The van der Waals surface area contributed by atoms with Crippen molar-refractivity contribution in [2.75, 3.05) is 18.0 Å². The molecule has 1 unspecified atom stereocenters. The number of hydrogen-bond donors (Lipinski definition) is 0. The first kappa shape index (κ1) is 19.6. The van der Waals surface area contributed by atoms with E-state index in [9.17, 15) is 0 Å². The summed E-state index contributed by atoms with van der Waals surface area (Å²) in [5.41, 5.74) is 6.73. The molecule has 0 aromatic heterocycles. The highest BCUT2D eigenvalue weighted by Crippen LogP contribution is 2.38.